The second-order valence-corrected chi connectivity index (χ2v) is 3.36. The second-order valence-electron chi connectivity index (χ2n) is 3.00. The molecule has 5 nitrogen and oxygen atoms in total. The molecule has 1 aromatic rings. The third-order valence-corrected chi connectivity index (χ3v) is 2.27. The normalized spacial score (nSPS) is 10.3. The lowest BCUT2D eigenvalue weighted by Gasteiger charge is -2.02. The van der Waals surface area contributed by atoms with Gasteiger partial charge in [0.25, 0.3) is 0 Å². The molecule has 16 heavy (non-hydrogen) atoms. The average Bonchev–Trinajstić information content (AvgIpc) is 2.21. The van der Waals surface area contributed by atoms with Gasteiger partial charge in [-0.15, -0.1) is 0 Å². The van der Waals surface area contributed by atoms with Crippen molar-refractivity contribution in [3.05, 3.63) is 38.7 Å². The van der Waals surface area contributed by atoms with E-state index in [2.05, 4.69) is 4.98 Å². The summed E-state index contributed by atoms with van der Waals surface area (Å²) in [6.07, 6.45) is 4.92. The van der Waals surface area contributed by atoms with E-state index in [1.165, 1.54) is 6.20 Å². The molecule has 0 spiro atoms. The van der Waals surface area contributed by atoms with Gasteiger partial charge >= 0.3 is 5.69 Å². The zero-order chi connectivity index (χ0) is 12.1. The first-order valence-electron chi connectivity index (χ1n) is 4.41. The molecule has 82 valence electrons. The van der Waals surface area contributed by atoms with Crippen molar-refractivity contribution >= 4 is 23.4 Å². The number of nitriles is 1. The Morgan fingerprint density at radius 2 is 2.44 bits per heavy atom. The maximum atomic E-state index is 10.7. The molecule has 0 radical (unpaired) electrons. The van der Waals surface area contributed by atoms with Crippen LogP contribution in [0.15, 0.2) is 12.3 Å². The van der Waals surface area contributed by atoms with E-state index in [0.717, 1.165) is 0 Å². The number of hydrogen-bond acceptors (Lipinski definition) is 4. The molecule has 0 unspecified atom stereocenters. The molecule has 1 aromatic heterocycles. The van der Waals surface area contributed by atoms with E-state index in [0.29, 0.717) is 11.1 Å². The van der Waals surface area contributed by atoms with Crippen LogP contribution in [0.4, 0.5) is 5.69 Å². The van der Waals surface area contributed by atoms with Crippen LogP contribution in [0.1, 0.15) is 17.5 Å². The third kappa shape index (κ3) is 2.55. The van der Waals surface area contributed by atoms with Gasteiger partial charge in [-0.3, -0.25) is 10.1 Å². The van der Waals surface area contributed by atoms with Crippen molar-refractivity contribution < 1.29 is 4.92 Å². The maximum Gasteiger partial charge on any atom is 0.309 e. The highest BCUT2D eigenvalue weighted by atomic mass is 35.5. The molecule has 0 amide bonds. The first-order valence-corrected chi connectivity index (χ1v) is 4.78. The summed E-state index contributed by atoms with van der Waals surface area (Å²) in [7, 11) is 0. The highest BCUT2D eigenvalue weighted by molar-refractivity contribution is 6.31. The summed E-state index contributed by atoms with van der Waals surface area (Å²) in [6.45, 7) is 1.59. The van der Waals surface area contributed by atoms with Gasteiger partial charge in [-0.2, -0.15) is 5.26 Å². The predicted molar refractivity (Wildman–Crippen MR) is 59.9 cm³/mol. The summed E-state index contributed by atoms with van der Waals surface area (Å²) in [5.74, 6) is 0. The van der Waals surface area contributed by atoms with E-state index in [-0.39, 0.29) is 17.3 Å². The number of pyridine rings is 1. The van der Waals surface area contributed by atoms with Crippen molar-refractivity contribution in [2.75, 3.05) is 0 Å². The number of aromatic nitrogens is 1. The van der Waals surface area contributed by atoms with Crippen LogP contribution in [0.25, 0.3) is 6.08 Å². The summed E-state index contributed by atoms with van der Waals surface area (Å²) in [4.78, 5) is 13.9. The molecular weight excluding hydrogens is 230 g/mol. The molecule has 1 rings (SSSR count). The van der Waals surface area contributed by atoms with Gasteiger partial charge in [-0.1, -0.05) is 23.8 Å². The number of rotatable bonds is 3. The molecule has 0 atom stereocenters. The third-order valence-electron chi connectivity index (χ3n) is 1.99. The molecule has 0 aliphatic heterocycles. The van der Waals surface area contributed by atoms with E-state index in [4.69, 9.17) is 16.9 Å². The topological polar surface area (TPSA) is 79.8 Å². The summed E-state index contributed by atoms with van der Waals surface area (Å²) in [5.41, 5.74) is 0.839. The Hall–Kier alpha value is -1.93. The second kappa shape index (κ2) is 5.24. The van der Waals surface area contributed by atoms with Gasteiger partial charge in [0.05, 0.1) is 17.4 Å². The fraction of sp³-hybridized carbons (Fsp3) is 0.200. The number of allylic oxidation sites excluding steroid dienone is 1. The van der Waals surface area contributed by atoms with Crippen molar-refractivity contribution in [3.63, 3.8) is 0 Å². The monoisotopic (exact) mass is 237 g/mol. The van der Waals surface area contributed by atoms with E-state index in [9.17, 15) is 10.1 Å². The van der Waals surface area contributed by atoms with Crippen molar-refractivity contribution in [3.8, 4) is 6.07 Å². The van der Waals surface area contributed by atoms with Crippen molar-refractivity contribution in [2.45, 2.75) is 13.3 Å². The molecule has 1 heterocycles. The summed E-state index contributed by atoms with van der Waals surface area (Å²) < 4.78 is 0. The minimum Gasteiger partial charge on any atom is -0.258 e. The SMILES string of the molecule is Cc1c(C=CCC#N)cnc(Cl)c1[N+](=O)[O-]. The van der Waals surface area contributed by atoms with Gasteiger partial charge in [-0.05, 0) is 6.92 Å². The Bertz CT molecular complexity index is 492. The number of nitro groups is 1. The van der Waals surface area contributed by atoms with E-state index in [1.54, 1.807) is 19.1 Å². The van der Waals surface area contributed by atoms with E-state index < -0.39 is 4.92 Å². The van der Waals surface area contributed by atoms with Gasteiger partial charge in [0, 0.05) is 17.3 Å². The number of nitrogens with zero attached hydrogens (tertiary/aromatic N) is 3. The molecule has 0 aromatic carbocycles. The summed E-state index contributed by atoms with van der Waals surface area (Å²) >= 11 is 5.63. The Kier molecular flexibility index (Phi) is 3.97. The summed E-state index contributed by atoms with van der Waals surface area (Å²) in [6, 6.07) is 1.94. The highest BCUT2D eigenvalue weighted by Crippen LogP contribution is 2.28. The minimum absolute atomic E-state index is 0.125. The molecule has 0 aliphatic carbocycles. The molecular formula is C10H8ClN3O2. The first kappa shape index (κ1) is 12.1. The fourth-order valence-corrected chi connectivity index (χ4v) is 1.45. The molecule has 0 saturated heterocycles. The van der Waals surface area contributed by atoms with E-state index >= 15 is 0 Å². The lowest BCUT2D eigenvalue weighted by molar-refractivity contribution is -0.385. The number of halogens is 1. The van der Waals surface area contributed by atoms with Crippen molar-refractivity contribution in [1.82, 2.24) is 4.98 Å². The largest absolute Gasteiger partial charge is 0.309 e. The minimum atomic E-state index is -0.563. The van der Waals surface area contributed by atoms with Crippen LogP contribution in [0, 0.1) is 28.4 Å². The molecule has 0 N–H and O–H groups in total. The van der Waals surface area contributed by atoms with Crippen LogP contribution in [-0.2, 0) is 0 Å². The maximum absolute atomic E-state index is 10.7. The zero-order valence-corrected chi connectivity index (χ0v) is 9.23. The van der Waals surface area contributed by atoms with Crippen LogP contribution in [0.3, 0.4) is 0 Å². The van der Waals surface area contributed by atoms with Crippen LogP contribution < -0.4 is 0 Å². The summed E-state index contributed by atoms with van der Waals surface area (Å²) in [5, 5.41) is 19.0. The lowest BCUT2D eigenvalue weighted by atomic mass is 10.1. The van der Waals surface area contributed by atoms with Crippen molar-refractivity contribution in [2.24, 2.45) is 0 Å². The first-order chi connectivity index (χ1) is 7.57. The molecule has 0 bridgehead atoms. The molecule has 0 fully saturated rings. The molecule has 0 saturated carbocycles. The molecule has 6 heteroatoms. The Balaban J connectivity index is 3.20. The van der Waals surface area contributed by atoms with Crippen LogP contribution >= 0.6 is 11.6 Å². The van der Waals surface area contributed by atoms with Gasteiger partial charge in [0.2, 0.25) is 5.15 Å². The van der Waals surface area contributed by atoms with Crippen LogP contribution in [0.2, 0.25) is 5.15 Å². The van der Waals surface area contributed by atoms with Crippen LogP contribution in [0.5, 0.6) is 0 Å². The Morgan fingerprint density at radius 1 is 1.75 bits per heavy atom. The lowest BCUT2D eigenvalue weighted by Crippen LogP contribution is -1.97. The smallest absolute Gasteiger partial charge is 0.258 e. The quantitative estimate of drug-likeness (QED) is 0.460. The van der Waals surface area contributed by atoms with E-state index in [1.807, 2.05) is 6.07 Å². The predicted octanol–water partition coefficient (Wildman–Crippen LogP) is 2.88. The highest BCUT2D eigenvalue weighted by Gasteiger charge is 2.19. The van der Waals surface area contributed by atoms with Gasteiger partial charge in [-0.25, -0.2) is 4.98 Å². The van der Waals surface area contributed by atoms with Gasteiger partial charge in [0.1, 0.15) is 0 Å². The van der Waals surface area contributed by atoms with Gasteiger partial charge in [0.15, 0.2) is 0 Å². The van der Waals surface area contributed by atoms with Crippen molar-refractivity contribution in [1.29, 1.82) is 5.26 Å². The Labute approximate surface area is 97.1 Å². The fourth-order valence-electron chi connectivity index (χ4n) is 1.19. The number of hydrogen-bond donors (Lipinski definition) is 0. The zero-order valence-electron chi connectivity index (χ0n) is 8.48. The standard InChI is InChI=1S/C10H8ClN3O2/c1-7-8(4-2-3-5-12)6-13-10(11)9(7)14(15)16/h2,4,6H,3H2,1H3. The molecule has 0 aliphatic rings. The van der Waals surface area contributed by atoms with Crippen LogP contribution in [-0.4, -0.2) is 9.91 Å². The average molecular weight is 238 g/mol. The Morgan fingerprint density at radius 3 is 3.00 bits per heavy atom. The van der Waals surface area contributed by atoms with Gasteiger partial charge < -0.3 is 0 Å².